The van der Waals surface area contributed by atoms with Gasteiger partial charge >= 0.3 is 5.69 Å². The molecule has 0 saturated heterocycles. The van der Waals surface area contributed by atoms with Crippen LogP contribution in [0.5, 0.6) is 0 Å². The first-order valence-electron chi connectivity index (χ1n) is 8.50. The topological polar surface area (TPSA) is 126 Å². The van der Waals surface area contributed by atoms with Gasteiger partial charge in [-0.2, -0.15) is 0 Å². The summed E-state index contributed by atoms with van der Waals surface area (Å²) in [5, 5.41) is 21.9. The number of aromatic nitrogens is 3. The summed E-state index contributed by atoms with van der Waals surface area (Å²) in [5.41, 5.74) is 1.33. The van der Waals surface area contributed by atoms with E-state index < -0.39 is 15.5 Å². The van der Waals surface area contributed by atoms with Crippen molar-refractivity contribution in [2.45, 2.75) is 6.54 Å². The van der Waals surface area contributed by atoms with Crippen LogP contribution in [0, 0.1) is 20.2 Å². The van der Waals surface area contributed by atoms with E-state index in [9.17, 15) is 25.0 Å². The van der Waals surface area contributed by atoms with Crippen LogP contribution in [-0.2, 0) is 6.54 Å². The molecule has 0 aliphatic heterocycles. The summed E-state index contributed by atoms with van der Waals surface area (Å²) in [6.07, 6.45) is 1.53. The lowest BCUT2D eigenvalue weighted by molar-refractivity contribution is -0.385. The van der Waals surface area contributed by atoms with Crippen molar-refractivity contribution in [1.29, 1.82) is 0 Å². The highest BCUT2D eigenvalue weighted by atomic mass is 16.6. The number of hydrogen-bond acceptors (Lipinski definition) is 6. The number of benzene rings is 2. The molecule has 0 bridgehead atoms. The lowest BCUT2D eigenvalue weighted by Gasteiger charge is -2.03. The van der Waals surface area contributed by atoms with Crippen LogP contribution in [0.15, 0.2) is 71.7 Å². The smallest absolute Gasteiger partial charge is 0.286 e. The van der Waals surface area contributed by atoms with Gasteiger partial charge in [-0.3, -0.25) is 24.8 Å². The second-order valence-electron chi connectivity index (χ2n) is 6.25. The molecule has 2 aromatic heterocycles. The molecule has 0 fully saturated rings. The third-order valence-electron chi connectivity index (χ3n) is 4.48. The summed E-state index contributed by atoms with van der Waals surface area (Å²) in [7, 11) is 0. The molecule has 4 aromatic rings. The molecule has 10 nitrogen and oxygen atoms in total. The van der Waals surface area contributed by atoms with Gasteiger partial charge in [-0.25, -0.2) is 14.3 Å². The number of pyridine rings is 1. The quantitative estimate of drug-likeness (QED) is 0.380. The number of nitro benzene ring substituents is 2. The van der Waals surface area contributed by atoms with Crippen molar-refractivity contribution in [2.24, 2.45) is 0 Å². The Labute approximate surface area is 162 Å². The first-order valence-corrected chi connectivity index (χ1v) is 8.50. The fourth-order valence-electron chi connectivity index (χ4n) is 3.12. The number of nitrogens with zero attached hydrogens (tertiary/aromatic N) is 5. The van der Waals surface area contributed by atoms with Crippen LogP contribution < -0.4 is 5.69 Å². The van der Waals surface area contributed by atoms with Crippen molar-refractivity contribution in [3.63, 3.8) is 0 Å². The van der Waals surface area contributed by atoms with Crippen LogP contribution in [0.25, 0.3) is 16.9 Å². The van der Waals surface area contributed by atoms with Crippen molar-refractivity contribution in [1.82, 2.24) is 14.1 Å². The van der Waals surface area contributed by atoms with Gasteiger partial charge in [-0.1, -0.05) is 18.2 Å². The Hall–Kier alpha value is -4.34. The summed E-state index contributed by atoms with van der Waals surface area (Å²) < 4.78 is 2.79. The van der Waals surface area contributed by atoms with E-state index in [-0.39, 0.29) is 17.9 Å². The van der Waals surface area contributed by atoms with E-state index in [1.54, 1.807) is 30.3 Å². The van der Waals surface area contributed by atoms with Crippen LogP contribution in [-0.4, -0.2) is 24.0 Å². The van der Waals surface area contributed by atoms with Gasteiger partial charge in [0.15, 0.2) is 5.65 Å². The Morgan fingerprint density at radius 2 is 1.62 bits per heavy atom. The Kier molecular flexibility index (Phi) is 4.36. The largest absolute Gasteiger partial charge is 0.335 e. The zero-order valence-electron chi connectivity index (χ0n) is 14.8. The zero-order chi connectivity index (χ0) is 20.5. The van der Waals surface area contributed by atoms with Gasteiger partial charge < -0.3 is 0 Å². The number of nitro groups is 2. The molecule has 0 radical (unpaired) electrons. The van der Waals surface area contributed by atoms with E-state index in [0.29, 0.717) is 22.4 Å². The normalized spacial score (nSPS) is 10.9. The van der Waals surface area contributed by atoms with E-state index in [1.807, 2.05) is 0 Å². The highest BCUT2D eigenvalue weighted by Gasteiger charge is 2.18. The Morgan fingerprint density at radius 1 is 0.897 bits per heavy atom. The second kappa shape index (κ2) is 7.00. The van der Waals surface area contributed by atoms with Crippen molar-refractivity contribution in [3.8, 4) is 5.69 Å². The number of rotatable bonds is 5. The molecule has 0 unspecified atom stereocenters. The predicted octanol–water partition coefficient (Wildman–Crippen LogP) is 3.05. The van der Waals surface area contributed by atoms with Crippen molar-refractivity contribution >= 4 is 22.5 Å². The van der Waals surface area contributed by atoms with E-state index in [1.165, 1.54) is 45.7 Å². The molecule has 0 aliphatic carbocycles. The van der Waals surface area contributed by atoms with E-state index in [4.69, 9.17) is 0 Å². The maximum absolute atomic E-state index is 13.2. The maximum atomic E-state index is 13.2. The summed E-state index contributed by atoms with van der Waals surface area (Å²) in [4.78, 5) is 38.3. The van der Waals surface area contributed by atoms with E-state index >= 15 is 0 Å². The molecule has 2 aromatic carbocycles. The lowest BCUT2D eigenvalue weighted by Crippen LogP contribution is -2.23. The molecule has 4 rings (SSSR count). The van der Waals surface area contributed by atoms with Crippen LogP contribution >= 0.6 is 0 Å². The molecular formula is C19H13N5O5. The molecular weight excluding hydrogens is 378 g/mol. The minimum Gasteiger partial charge on any atom is -0.286 e. The average molecular weight is 391 g/mol. The van der Waals surface area contributed by atoms with Crippen LogP contribution in [0.4, 0.5) is 11.4 Å². The molecule has 144 valence electrons. The van der Waals surface area contributed by atoms with Gasteiger partial charge in [0, 0.05) is 30.5 Å². The van der Waals surface area contributed by atoms with Gasteiger partial charge in [-0.15, -0.1) is 0 Å². The minimum atomic E-state index is -0.530. The molecule has 0 N–H and O–H groups in total. The number of non-ortho nitro benzene ring substituents is 2. The molecule has 2 heterocycles. The third kappa shape index (κ3) is 3.23. The summed E-state index contributed by atoms with van der Waals surface area (Å²) in [6, 6.07) is 15.1. The van der Waals surface area contributed by atoms with Crippen LogP contribution in [0.1, 0.15) is 5.56 Å². The molecule has 0 amide bonds. The standard InChI is InChI=1S/C19H13N5O5/c25-19-21(12-13-6-8-14(9-7-13)23(26)27)17-5-2-10-20-18(17)22(19)15-3-1-4-16(11-15)24(28)29/h1-11H,12H2. The first-order chi connectivity index (χ1) is 14.0. The lowest BCUT2D eigenvalue weighted by atomic mass is 10.2. The SMILES string of the molecule is O=c1n(Cc2ccc([N+](=O)[O-])cc2)c2cccnc2n1-c1cccc([N+](=O)[O-])c1. The molecule has 0 atom stereocenters. The predicted molar refractivity (Wildman–Crippen MR) is 104 cm³/mol. The summed E-state index contributed by atoms with van der Waals surface area (Å²) >= 11 is 0. The van der Waals surface area contributed by atoms with Crippen molar-refractivity contribution in [2.75, 3.05) is 0 Å². The highest BCUT2D eigenvalue weighted by molar-refractivity contribution is 5.74. The van der Waals surface area contributed by atoms with Crippen LogP contribution in [0.2, 0.25) is 0 Å². The molecule has 29 heavy (non-hydrogen) atoms. The summed E-state index contributed by atoms with van der Waals surface area (Å²) in [6.45, 7) is 0.168. The van der Waals surface area contributed by atoms with Gasteiger partial charge in [0.2, 0.25) is 0 Å². The monoisotopic (exact) mass is 391 g/mol. The third-order valence-corrected chi connectivity index (χ3v) is 4.48. The van der Waals surface area contributed by atoms with E-state index in [0.717, 1.165) is 0 Å². The Morgan fingerprint density at radius 3 is 2.31 bits per heavy atom. The Balaban J connectivity index is 1.85. The maximum Gasteiger partial charge on any atom is 0.335 e. The molecule has 0 spiro atoms. The fraction of sp³-hybridized carbons (Fsp3) is 0.0526. The summed E-state index contributed by atoms with van der Waals surface area (Å²) in [5.74, 6) is 0. The van der Waals surface area contributed by atoms with Crippen molar-refractivity contribution in [3.05, 3.63) is 103 Å². The number of imidazole rings is 1. The van der Waals surface area contributed by atoms with Crippen molar-refractivity contribution < 1.29 is 9.85 Å². The average Bonchev–Trinajstić information content (AvgIpc) is 3.00. The first kappa shape index (κ1) is 18.0. The van der Waals surface area contributed by atoms with Gasteiger partial charge in [0.05, 0.1) is 27.6 Å². The van der Waals surface area contributed by atoms with Gasteiger partial charge in [0.25, 0.3) is 11.4 Å². The van der Waals surface area contributed by atoms with Gasteiger partial charge in [0.1, 0.15) is 0 Å². The zero-order valence-corrected chi connectivity index (χ0v) is 14.8. The molecule has 0 saturated carbocycles. The minimum absolute atomic E-state index is 0.0400. The second-order valence-corrected chi connectivity index (χ2v) is 6.25. The number of fused-ring (bicyclic) bond motifs is 1. The van der Waals surface area contributed by atoms with Gasteiger partial charge in [-0.05, 0) is 23.8 Å². The van der Waals surface area contributed by atoms with Crippen LogP contribution in [0.3, 0.4) is 0 Å². The molecule has 0 aliphatic rings. The molecule has 10 heteroatoms. The van der Waals surface area contributed by atoms with E-state index in [2.05, 4.69) is 4.98 Å². The fourth-order valence-corrected chi connectivity index (χ4v) is 3.12. The highest BCUT2D eigenvalue weighted by Crippen LogP contribution is 2.21. The number of hydrogen-bond donors (Lipinski definition) is 0. The Bertz CT molecular complexity index is 1310.